The molecule has 0 aliphatic carbocycles. The van der Waals surface area contributed by atoms with Crippen molar-refractivity contribution in [2.24, 2.45) is 0 Å². The van der Waals surface area contributed by atoms with Crippen molar-refractivity contribution < 1.29 is 17.9 Å². The largest absolute Gasteiger partial charge is 0.378 e. The Labute approximate surface area is 183 Å². The first-order valence-corrected chi connectivity index (χ1v) is 12.2. The quantitative estimate of drug-likeness (QED) is 0.699. The number of sulfonamides is 1. The van der Waals surface area contributed by atoms with Crippen LogP contribution in [0.2, 0.25) is 0 Å². The fourth-order valence-corrected chi connectivity index (χ4v) is 5.59. The fraction of sp³-hybridized carbons (Fsp3) is 0.500. The highest BCUT2D eigenvalue weighted by atomic mass is 32.2. The first-order valence-electron chi connectivity index (χ1n) is 10.6. The molecule has 2 aliphatic heterocycles. The van der Waals surface area contributed by atoms with Crippen LogP contribution in [0.3, 0.4) is 0 Å². The molecule has 0 unspecified atom stereocenters. The summed E-state index contributed by atoms with van der Waals surface area (Å²) in [4.78, 5) is 23.5. The minimum absolute atomic E-state index is 0.00707. The standard InChI is InChI=1S/C22H28N4O4S/c1-16-3-5-18(6-4-16)15-31(28,29)26-8-7-19(14-26)21-23-13-20(17(2)24-21)22(27)25-9-11-30-12-10-25/h3-6,13,19H,7-12,14-15H2,1-2H3/t19-/m1/s1. The summed E-state index contributed by atoms with van der Waals surface area (Å²) < 4.78 is 32.6. The molecule has 2 saturated heterocycles. The summed E-state index contributed by atoms with van der Waals surface area (Å²) in [6, 6.07) is 7.57. The zero-order chi connectivity index (χ0) is 22.0. The van der Waals surface area contributed by atoms with Crippen LogP contribution in [0.5, 0.6) is 0 Å². The molecular weight excluding hydrogens is 416 g/mol. The van der Waals surface area contributed by atoms with Crippen LogP contribution in [0.4, 0.5) is 0 Å². The molecule has 9 heteroatoms. The Morgan fingerprint density at radius 2 is 1.84 bits per heavy atom. The summed E-state index contributed by atoms with van der Waals surface area (Å²) in [6.45, 7) is 6.81. The molecule has 0 N–H and O–H groups in total. The molecular formula is C22H28N4O4S. The van der Waals surface area contributed by atoms with E-state index in [1.54, 1.807) is 18.0 Å². The van der Waals surface area contributed by atoms with Gasteiger partial charge in [0.25, 0.3) is 5.91 Å². The Hall–Kier alpha value is -2.36. The molecule has 2 aromatic rings. The van der Waals surface area contributed by atoms with Gasteiger partial charge in [-0.2, -0.15) is 0 Å². The summed E-state index contributed by atoms with van der Waals surface area (Å²) in [6.07, 6.45) is 2.25. The lowest BCUT2D eigenvalue weighted by atomic mass is 10.1. The molecule has 1 amide bonds. The van der Waals surface area contributed by atoms with Crippen molar-refractivity contribution in [1.29, 1.82) is 0 Å². The van der Waals surface area contributed by atoms with Crippen LogP contribution in [0.25, 0.3) is 0 Å². The fourth-order valence-electron chi connectivity index (χ4n) is 4.01. The van der Waals surface area contributed by atoms with Gasteiger partial charge in [0.05, 0.1) is 30.2 Å². The van der Waals surface area contributed by atoms with Crippen molar-refractivity contribution in [2.45, 2.75) is 31.9 Å². The first kappa shape index (κ1) is 21.9. The Balaban J connectivity index is 1.43. The number of aryl methyl sites for hydroxylation is 2. The number of aromatic nitrogens is 2. The molecule has 2 fully saturated rings. The first-order chi connectivity index (χ1) is 14.8. The van der Waals surface area contributed by atoms with Crippen LogP contribution in [0, 0.1) is 13.8 Å². The second-order valence-electron chi connectivity index (χ2n) is 8.22. The monoisotopic (exact) mass is 444 g/mol. The molecule has 0 radical (unpaired) electrons. The van der Waals surface area contributed by atoms with E-state index in [0.29, 0.717) is 62.9 Å². The highest BCUT2D eigenvalue weighted by molar-refractivity contribution is 7.88. The lowest BCUT2D eigenvalue weighted by molar-refractivity contribution is 0.0301. The topological polar surface area (TPSA) is 92.7 Å². The van der Waals surface area contributed by atoms with Gasteiger partial charge in [-0.05, 0) is 25.8 Å². The average molecular weight is 445 g/mol. The van der Waals surface area contributed by atoms with E-state index in [4.69, 9.17) is 4.74 Å². The summed E-state index contributed by atoms with van der Waals surface area (Å²) in [5.74, 6) is 0.441. The number of amides is 1. The van der Waals surface area contributed by atoms with Gasteiger partial charge in [0.2, 0.25) is 10.0 Å². The lowest BCUT2D eigenvalue weighted by Crippen LogP contribution is -2.41. The summed E-state index contributed by atoms with van der Waals surface area (Å²) in [7, 11) is -3.41. The zero-order valence-electron chi connectivity index (χ0n) is 18.0. The number of hydrogen-bond acceptors (Lipinski definition) is 6. The predicted molar refractivity (Wildman–Crippen MR) is 116 cm³/mol. The van der Waals surface area contributed by atoms with Crippen LogP contribution in [0.1, 0.15) is 45.3 Å². The van der Waals surface area contributed by atoms with E-state index >= 15 is 0 Å². The average Bonchev–Trinajstić information content (AvgIpc) is 3.27. The number of morpholine rings is 1. The third-order valence-electron chi connectivity index (χ3n) is 5.91. The van der Waals surface area contributed by atoms with E-state index in [1.807, 2.05) is 31.2 Å². The SMILES string of the molecule is Cc1ccc(CS(=O)(=O)N2CC[C@@H](c3ncc(C(=O)N4CCOCC4)c(C)n3)C2)cc1. The van der Waals surface area contributed by atoms with Crippen molar-refractivity contribution in [3.05, 3.63) is 58.7 Å². The van der Waals surface area contributed by atoms with E-state index in [9.17, 15) is 13.2 Å². The molecule has 8 nitrogen and oxygen atoms in total. The number of rotatable bonds is 5. The van der Waals surface area contributed by atoms with Crippen molar-refractivity contribution >= 4 is 15.9 Å². The Kier molecular flexibility index (Phi) is 6.36. The van der Waals surface area contributed by atoms with Gasteiger partial charge in [-0.25, -0.2) is 22.7 Å². The van der Waals surface area contributed by atoms with E-state index in [-0.39, 0.29) is 17.6 Å². The minimum atomic E-state index is -3.41. The van der Waals surface area contributed by atoms with E-state index in [0.717, 1.165) is 11.1 Å². The molecule has 2 aliphatic rings. The molecule has 0 saturated carbocycles. The normalized spacial score (nSPS) is 20.2. The van der Waals surface area contributed by atoms with Crippen molar-refractivity contribution in [3.63, 3.8) is 0 Å². The smallest absolute Gasteiger partial charge is 0.257 e. The van der Waals surface area contributed by atoms with Crippen LogP contribution in [-0.4, -0.2) is 72.9 Å². The van der Waals surface area contributed by atoms with Gasteiger partial charge in [0.15, 0.2) is 0 Å². The number of hydrogen-bond donors (Lipinski definition) is 0. The lowest BCUT2D eigenvalue weighted by Gasteiger charge is -2.27. The van der Waals surface area contributed by atoms with Crippen LogP contribution >= 0.6 is 0 Å². The third-order valence-corrected chi connectivity index (χ3v) is 7.72. The number of carbonyl (C=O) groups is 1. The minimum Gasteiger partial charge on any atom is -0.378 e. The molecule has 0 bridgehead atoms. The number of nitrogens with zero attached hydrogens (tertiary/aromatic N) is 4. The second kappa shape index (κ2) is 9.02. The molecule has 166 valence electrons. The highest BCUT2D eigenvalue weighted by Gasteiger charge is 2.34. The van der Waals surface area contributed by atoms with Crippen molar-refractivity contribution in [1.82, 2.24) is 19.2 Å². The molecule has 3 heterocycles. The van der Waals surface area contributed by atoms with E-state index < -0.39 is 10.0 Å². The van der Waals surface area contributed by atoms with Crippen LogP contribution in [-0.2, 0) is 20.5 Å². The molecule has 1 atom stereocenters. The van der Waals surface area contributed by atoms with Crippen molar-refractivity contribution in [3.8, 4) is 0 Å². The van der Waals surface area contributed by atoms with E-state index in [1.165, 1.54) is 4.31 Å². The molecule has 31 heavy (non-hydrogen) atoms. The summed E-state index contributed by atoms with van der Waals surface area (Å²) in [5, 5.41) is 0. The second-order valence-corrected chi connectivity index (χ2v) is 10.2. The number of ether oxygens (including phenoxy) is 1. The van der Waals surface area contributed by atoms with Gasteiger partial charge in [-0.15, -0.1) is 0 Å². The van der Waals surface area contributed by atoms with Crippen LogP contribution in [0.15, 0.2) is 30.5 Å². The van der Waals surface area contributed by atoms with E-state index in [2.05, 4.69) is 9.97 Å². The van der Waals surface area contributed by atoms with Gasteiger partial charge in [-0.3, -0.25) is 4.79 Å². The maximum absolute atomic E-state index is 12.9. The molecule has 1 aromatic carbocycles. The molecule has 4 rings (SSSR count). The van der Waals surface area contributed by atoms with Gasteiger partial charge >= 0.3 is 0 Å². The maximum Gasteiger partial charge on any atom is 0.257 e. The van der Waals surface area contributed by atoms with Crippen LogP contribution < -0.4 is 0 Å². The summed E-state index contributed by atoms with van der Waals surface area (Å²) in [5.41, 5.74) is 3.01. The maximum atomic E-state index is 12.9. The van der Waals surface area contributed by atoms with Gasteiger partial charge in [-0.1, -0.05) is 29.8 Å². The van der Waals surface area contributed by atoms with Crippen molar-refractivity contribution in [2.75, 3.05) is 39.4 Å². The highest BCUT2D eigenvalue weighted by Crippen LogP contribution is 2.28. The summed E-state index contributed by atoms with van der Waals surface area (Å²) >= 11 is 0. The Morgan fingerprint density at radius 1 is 1.13 bits per heavy atom. The Bertz CT molecular complexity index is 1050. The molecule has 0 spiro atoms. The third kappa shape index (κ3) is 4.94. The van der Waals surface area contributed by atoms with Gasteiger partial charge < -0.3 is 9.64 Å². The van der Waals surface area contributed by atoms with Gasteiger partial charge in [0.1, 0.15) is 5.82 Å². The molecule has 1 aromatic heterocycles. The predicted octanol–water partition coefficient (Wildman–Crippen LogP) is 1.89. The Morgan fingerprint density at radius 3 is 2.52 bits per heavy atom. The zero-order valence-corrected chi connectivity index (χ0v) is 18.8. The number of carbonyl (C=O) groups excluding carboxylic acids is 1. The number of benzene rings is 1. The van der Waals surface area contributed by atoms with Gasteiger partial charge in [0, 0.05) is 38.3 Å².